The predicted octanol–water partition coefficient (Wildman–Crippen LogP) is 3.05. The molecule has 0 saturated heterocycles. The number of hydrogen-bond acceptors (Lipinski definition) is 0. The lowest BCUT2D eigenvalue weighted by atomic mass is 10.0. The minimum absolute atomic E-state index is 0.314. The highest BCUT2D eigenvalue weighted by Crippen LogP contribution is 2.12. The van der Waals surface area contributed by atoms with Crippen LogP contribution in [-0.4, -0.2) is 10.5 Å². The van der Waals surface area contributed by atoms with Crippen LogP contribution in [0.15, 0.2) is 0 Å². The van der Waals surface area contributed by atoms with Gasteiger partial charge in [-0.25, -0.2) is 5.11 Å². The molecule has 0 spiro atoms. The Hall–Kier alpha value is 0.690. The van der Waals surface area contributed by atoms with Crippen LogP contribution in [0.25, 0.3) is 0 Å². The first-order valence-electron chi connectivity index (χ1n) is 3.92. The first-order chi connectivity index (χ1) is 4.70. The van der Waals surface area contributed by atoms with Gasteiger partial charge in [0, 0.05) is 4.43 Å². The topological polar surface area (TPSA) is 19.9 Å². The Labute approximate surface area is 77.3 Å². The van der Waals surface area contributed by atoms with Gasteiger partial charge in [0.25, 0.3) is 0 Å². The summed E-state index contributed by atoms with van der Waals surface area (Å²) in [5, 5.41) is 10.9. The normalized spacial score (nSPS) is 16.8. The molecular formula is C8H16IO. The lowest BCUT2D eigenvalue weighted by Gasteiger charge is -2.08. The predicted molar refractivity (Wildman–Crippen MR) is 52.1 cm³/mol. The number of hydrogen-bond donors (Lipinski definition) is 0. The monoisotopic (exact) mass is 255 g/mol. The molecule has 0 aromatic heterocycles. The second kappa shape index (κ2) is 6.40. The highest BCUT2D eigenvalue weighted by atomic mass is 127. The third-order valence-electron chi connectivity index (χ3n) is 1.70. The molecule has 0 aliphatic heterocycles. The fourth-order valence-corrected chi connectivity index (χ4v) is 1.19. The molecule has 0 aliphatic rings. The van der Waals surface area contributed by atoms with E-state index in [0.29, 0.717) is 0 Å². The van der Waals surface area contributed by atoms with Gasteiger partial charge in [0.05, 0.1) is 6.10 Å². The van der Waals surface area contributed by atoms with Crippen molar-refractivity contribution < 1.29 is 5.11 Å². The highest BCUT2D eigenvalue weighted by Gasteiger charge is 2.05. The molecular weight excluding hydrogens is 239 g/mol. The molecule has 0 heterocycles. The number of halogens is 1. The fourth-order valence-electron chi connectivity index (χ4n) is 0.752. The van der Waals surface area contributed by atoms with Crippen molar-refractivity contribution in [3.63, 3.8) is 0 Å². The third kappa shape index (κ3) is 5.47. The van der Waals surface area contributed by atoms with Crippen molar-refractivity contribution in [2.24, 2.45) is 5.92 Å². The van der Waals surface area contributed by atoms with E-state index in [1.54, 1.807) is 0 Å². The molecule has 0 aromatic carbocycles. The number of alkyl halides is 1. The fraction of sp³-hybridized carbons (Fsp3) is 1.00. The SMILES string of the molecule is CCC([O])CCC(C)CI. The van der Waals surface area contributed by atoms with Gasteiger partial charge in [-0.1, -0.05) is 36.4 Å². The van der Waals surface area contributed by atoms with E-state index < -0.39 is 0 Å². The summed E-state index contributed by atoms with van der Waals surface area (Å²) in [7, 11) is 0. The third-order valence-corrected chi connectivity index (χ3v) is 3.20. The molecule has 0 fully saturated rings. The molecule has 0 amide bonds. The van der Waals surface area contributed by atoms with Crippen molar-refractivity contribution >= 4 is 22.6 Å². The molecule has 2 atom stereocenters. The summed E-state index contributed by atoms with van der Waals surface area (Å²) in [5.74, 6) is 0.726. The zero-order valence-electron chi connectivity index (χ0n) is 6.77. The van der Waals surface area contributed by atoms with Crippen LogP contribution >= 0.6 is 22.6 Å². The molecule has 0 aliphatic carbocycles. The molecule has 1 radical (unpaired) electrons. The van der Waals surface area contributed by atoms with Crippen LogP contribution in [0.1, 0.15) is 33.1 Å². The average Bonchev–Trinajstić information content (AvgIpc) is 1.99. The highest BCUT2D eigenvalue weighted by molar-refractivity contribution is 14.1. The quantitative estimate of drug-likeness (QED) is 0.531. The van der Waals surface area contributed by atoms with E-state index in [1.165, 1.54) is 4.43 Å². The van der Waals surface area contributed by atoms with Crippen molar-refractivity contribution in [3.8, 4) is 0 Å². The summed E-state index contributed by atoms with van der Waals surface area (Å²) in [4.78, 5) is 0. The molecule has 61 valence electrons. The van der Waals surface area contributed by atoms with Crippen LogP contribution in [0, 0.1) is 5.92 Å². The Kier molecular flexibility index (Phi) is 6.85. The van der Waals surface area contributed by atoms with E-state index in [9.17, 15) is 5.11 Å². The summed E-state index contributed by atoms with van der Waals surface area (Å²) in [6, 6.07) is 0. The van der Waals surface area contributed by atoms with Crippen LogP contribution in [0.4, 0.5) is 0 Å². The molecule has 0 aromatic rings. The van der Waals surface area contributed by atoms with Gasteiger partial charge in [-0.3, -0.25) is 0 Å². The van der Waals surface area contributed by atoms with Crippen molar-refractivity contribution in [3.05, 3.63) is 0 Å². The second-order valence-corrected chi connectivity index (χ2v) is 3.75. The van der Waals surface area contributed by atoms with E-state index in [1.807, 2.05) is 6.92 Å². The zero-order chi connectivity index (χ0) is 7.98. The summed E-state index contributed by atoms with van der Waals surface area (Å²) in [6.07, 6.45) is 2.44. The van der Waals surface area contributed by atoms with Crippen LogP contribution < -0.4 is 0 Å². The van der Waals surface area contributed by atoms with Crippen molar-refractivity contribution in [1.29, 1.82) is 0 Å². The lowest BCUT2D eigenvalue weighted by Crippen LogP contribution is -2.05. The Morgan fingerprint density at radius 1 is 1.40 bits per heavy atom. The van der Waals surface area contributed by atoms with Crippen molar-refractivity contribution in [2.45, 2.75) is 39.2 Å². The van der Waals surface area contributed by atoms with E-state index in [0.717, 1.165) is 25.2 Å². The maximum absolute atomic E-state index is 10.9. The van der Waals surface area contributed by atoms with Gasteiger partial charge in [-0.15, -0.1) is 0 Å². The van der Waals surface area contributed by atoms with Gasteiger partial charge in [0.2, 0.25) is 0 Å². The first-order valence-corrected chi connectivity index (χ1v) is 5.45. The summed E-state index contributed by atoms with van der Waals surface area (Å²) in [6.45, 7) is 4.17. The molecule has 10 heavy (non-hydrogen) atoms. The molecule has 2 unspecified atom stereocenters. The van der Waals surface area contributed by atoms with Crippen LogP contribution in [-0.2, 0) is 5.11 Å². The van der Waals surface area contributed by atoms with Gasteiger partial charge in [-0.05, 0) is 25.2 Å². The molecule has 0 saturated carbocycles. The van der Waals surface area contributed by atoms with Gasteiger partial charge < -0.3 is 0 Å². The maximum atomic E-state index is 10.9. The lowest BCUT2D eigenvalue weighted by molar-refractivity contribution is 0.0733. The minimum atomic E-state index is -0.314. The van der Waals surface area contributed by atoms with Gasteiger partial charge >= 0.3 is 0 Å². The van der Waals surface area contributed by atoms with Crippen LogP contribution in [0.2, 0.25) is 0 Å². The summed E-state index contributed by atoms with van der Waals surface area (Å²) < 4.78 is 1.17. The molecule has 1 nitrogen and oxygen atoms in total. The standard InChI is InChI=1S/C8H16IO/c1-3-8(10)5-4-7(2)6-9/h7-8H,3-6H2,1-2H3. The van der Waals surface area contributed by atoms with E-state index in [-0.39, 0.29) is 6.10 Å². The molecule has 0 rings (SSSR count). The van der Waals surface area contributed by atoms with Crippen LogP contribution in [0.3, 0.4) is 0 Å². The van der Waals surface area contributed by atoms with Crippen LogP contribution in [0.5, 0.6) is 0 Å². The van der Waals surface area contributed by atoms with Gasteiger partial charge in [0.15, 0.2) is 0 Å². The Bertz CT molecular complexity index is 65.7. The van der Waals surface area contributed by atoms with Gasteiger partial charge in [-0.2, -0.15) is 0 Å². The molecule has 0 N–H and O–H groups in total. The van der Waals surface area contributed by atoms with Gasteiger partial charge in [0.1, 0.15) is 0 Å². The zero-order valence-corrected chi connectivity index (χ0v) is 8.93. The summed E-state index contributed by atoms with van der Waals surface area (Å²) >= 11 is 2.37. The smallest absolute Gasteiger partial charge is 0.0927 e. The second-order valence-electron chi connectivity index (χ2n) is 2.87. The van der Waals surface area contributed by atoms with Crippen molar-refractivity contribution in [1.82, 2.24) is 0 Å². The Morgan fingerprint density at radius 3 is 2.40 bits per heavy atom. The molecule has 2 heteroatoms. The maximum Gasteiger partial charge on any atom is 0.0927 e. The minimum Gasteiger partial charge on any atom is -0.233 e. The van der Waals surface area contributed by atoms with Crippen molar-refractivity contribution in [2.75, 3.05) is 4.43 Å². The first kappa shape index (κ1) is 10.7. The van der Waals surface area contributed by atoms with E-state index >= 15 is 0 Å². The van der Waals surface area contributed by atoms with E-state index in [4.69, 9.17) is 0 Å². The largest absolute Gasteiger partial charge is 0.233 e. The molecule has 0 bridgehead atoms. The summed E-state index contributed by atoms with van der Waals surface area (Å²) in [5.41, 5.74) is 0. The number of rotatable bonds is 5. The average molecular weight is 255 g/mol. The Morgan fingerprint density at radius 2 is 2.00 bits per heavy atom. The Balaban J connectivity index is 3.17. The van der Waals surface area contributed by atoms with E-state index in [2.05, 4.69) is 29.5 Å².